The van der Waals surface area contributed by atoms with Gasteiger partial charge < -0.3 is 10.1 Å². The van der Waals surface area contributed by atoms with Crippen LogP contribution in [0.1, 0.15) is 30.0 Å². The molecule has 1 saturated carbocycles. The highest BCUT2D eigenvalue weighted by atomic mass is 16.5. The molecule has 1 atom stereocenters. The first-order valence-electron chi connectivity index (χ1n) is 7.13. The molecule has 1 unspecified atom stereocenters. The molecule has 1 aliphatic carbocycles. The summed E-state index contributed by atoms with van der Waals surface area (Å²) >= 11 is 0. The van der Waals surface area contributed by atoms with Crippen LogP contribution in [0, 0.1) is 5.92 Å². The Hall–Kier alpha value is -1.87. The second kappa shape index (κ2) is 6.06. The zero-order valence-corrected chi connectivity index (χ0v) is 11.8. The Labute approximate surface area is 120 Å². The first-order chi connectivity index (χ1) is 9.86. The van der Waals surface area contributed by atoms with Crippen molar-refractivity contribution in [3.05, 3.63) is 59.9 Å². The van der Waals surface area contributed by atoms with Crippen molar-refractivity contribution in [3.8, 4) is 5.75 Å². The highest BCUT2D eigenvalue weighted by molar-refractivity contribution is 5.30. The summed E-state index contributed by atoms with van der Waals surface area (Å²) < 4.78 is 5.23. The van der Waals surface area contributed by atoms with Crippen LogP contribution in [0.3, 0.4) is 0 Å². The van der Waals surface area contributed by atoms with E-state index in [-0.39, 0.29) is 0 Å². The largest absolute Gasteiger partial charge is 0.497 e. The minimum absolute atomic E-state index is 0.439. The summed E-state index contributed by atoms with van der Waals surface area (Å²) in [6.07, 6.45) is 6.33. The maximum atomic E-state index is 5.23. The SMILES string of the molecule is COc1ccc(C(NCc2ccncc2)C2CC2)cc1. The number of ether oxygens (including phenoxy) is 1. The van der Waals surface area contributed by atoms with Gasteiger partial charge in [0.2, 0.25) is 0 Å². The molecular formula is C17H20N2O. The highest BCUT2D eigenvalue weighted by Crippen LogP contribution is 2.41. The van der Waals surface area contributed by atoms with Crippen molar-refractivity contribution >= 4 is 0 Å². The molecule has 0 aliphatic heterocycles. The molecule has 0 spiro atoms. The Morgan fingerprint density at radius 1 is 1.15 bits per heavy atom. The zero-order valence-electron chi connectivity index (χ0n) is 11.8. The van der Waals surface area contributed by atoms with E-state index in [1.807, 2.05) is 24.5 Å². The molecule has 2 aromatic rings. The third-order valence-electron chi connectivity index (χ3n) is 3.84. The Kier molecular flexibility index (Phi) is 3.97. The van der Waals surface area contributed by atoms with Crippen LogP contribution in [0.5, 0.6) is 5.75 Å². The number of rotatable bonds is 6. The molecule has 1 aromatic carbocycles. The third kappa shape index (κ3) is 3.17. The molecule has 3 rings (SSSR count). The summed E-state index contributed by atoms with van der Waals surface area (Å²) in [6, 6.07) is 13.0. The van der Waals surface area contributed by atoms with Gasteiger partial charge in [0.1, 0.15) is 5.75 Å². The molecule has 1 heterocycles. The standard InChI is InChI=1S/C17H20N2O/c1-20-16-6-4-15(5-7-16)17(14-2-3-14)19-12-13-8-10-18-11-9-13/h4-11,14,17,19H,2-3,12H2,1H3. The van der Waals surface area contributed by atoms with Crippen molar-refractivity contribution in [2.45, 2.75) is 25.4 Å². The number of methoxy groups -OCH3 is 1. The maximum Gasteiger partial charge on any atom is 0.118 e. The molecule has 3 heteroatoms. The minimum atomic E-state index is 0.439. The molecule has 0 amide bonds. The van der Waals surface area contributed by atoms with Gasteiger partial charge in [0.15, 0.2) is 0 Å². The first kappa shape index (κ1) is 13.1. The molecule has 20 heavy (non-hydrogen) atoms. The van der Waals surface area contributed by atoms with E-state index in [2.05, 4.69) is 34.6 Å². The van der Waals surface area contributed by atoms with Crippen molar-refractivity contribution in [1.29, 1.82) is 0 Å². The fraction of sp³-hybridized carbons (Fsp3) is 0.353. The zero-order chi connectivity index (χ0) is 13.8. The van der Waals surface area contributed by atoms with E-state index in [1.54, 1.807) is 7.11 Å². The lowest BCUT2D eigenvalue weighted by Crippen LogP contribution is -2.22. The summed E-state index contributed by atoms with van der Waals surface area (Å²) in [4.78, 5) is 4.06. The third-order valence-corrected chi connectivity index (χ3v) is 3.84. The van der Waals surface area contributed by atoms with E-state index in [1.165, 1.54) is 24.0 Å². The Morgan fingerprint density at radius 2 is 1.85 bits per heavy atom. The predicted octanol–water partition coefficient (Wildman–Crippen LogP) is 3.33. The molecule has 0 bridgehead atoms. The normalized spacial score (nSPS) is 15.8. The van der Waals surface area contributed by atoms with E-state index >= 15 is 0 Å². The number of nitrogens with one attached hydrogen (secondary N) is 1. The minimum Gasteiger partial charge on any atom is -0.497 e. The van der Waals surface area contributed by atoms with E-state index in [0.717, 1.165) is 18.2 Å². The van der Waals surface area contributed by atoms with Gasteiger partial charge in [-0.1, -0.05) is 12.1 Å². The quantitative estimate of drug-likeness (QED) is 0.872. The fourth-order valence-electron chi connectivity index (χ4n) is 2.53. The number of hydrogen-bond acceptors (Lipinski definition) is 3. The molecule has 3 nitrogen and oxygen atoms in total. The summed E-state index contributed by atoms with van der Waals surface area (Å²) in [6.45, 7) is 0.885. The lowest BCUT2D eigenvalue weighted by Gasteiger charge is -2.19. The predicted molar refractivity (Wildman–Crippen MR) is 79.5 cm³/mol. The average molecular weight is 268 g/mol. The highest BCUT2D eigenvalue weighted by Gasteiger charge is 2.31. The number of nitrogens with zero attached hydrogens (tertiary/aromatic N) is 1. The Bertz CT molecular complexity index is 535. The number of hydrogen-bond donors (Lipinski definition) is 1. The van der Waals surface area contributed by atoms with Crippen LogP contribution in [-0.2, 0) is 6.54 Å². The lowest BCUT2D eigenvalue weighted by molar-refractivity contribution is 0.413. The number of aromatic nitrogens is 1. The fourth-order valence-corrected chi connectivity index (χ4v) is 2.53. The first-order valence-corrected chi connectivity index (χ1v) is 7.13. The molecule has 1 fully saturated rings. The summed E-state index contributed by atoms with van der Waals surface area (Å²) in [7, 11) is 1.70. The summed E-state index contributed by atoms with van der Waals surface area (Å²) in [5.74, 6) is 1.68. The van der Waals surface area contributed by atoms with E-state index in [0.29, 0.717) is 6.04 Å². The van der Waals surface area contributed by atoms with Crippen molar-refractivity contribution in [3.63, 3.8) is 0 Å². The molecule has 1 N–H and O–H groups in total. The van der Waals surface area contributed by atoms with Crippen LogP contribution in [0.4, 0.5) is 0 Å². The molecule has 104 valence electrons. The topological polar surface area (TPSA) is 34.1 Å². The van der Waals surface area contributed by atoms with Gasteiger partial charge in [-0.25, -0.2) is 0 Å². The second-order valence-electron chi connectivity index (χ2n) is 5.32. The van der Waals surface area contributed by atoms with Gasteiger partial charge in [0.25, 0.3) is 0 Å². The van der Waals surface area contributed by atoms with Crippen LogP contribution in [0.2, 0.25) is 0 Å². The summed E-state index contributed by atoms with van der Waals surface area (Å²) in [5, 5.41) is 3.68. The van der Waals surface area contributed by atoms with Gasteiger partial charge in [-0.05, 0) is 54.2 Å². The van der Waals surface area contributed by atoms with Gasteiger partial charge in [-0.15, -0.1) is 0 Å². The van der Waals surface area contributed by atoms with Gasteiger partial charge in [-0.3, -0.25) is 4.98 Å². The monoisotopic (exact) mass is 268 g/mol. The van der Waals surface area contributed by atoms with Crippen molar-refractivity contribution < 1.29 is 4.74 Å². The Morgan fingerprint density at radius 3 is 2.45 bits per heavy atom. The lowest BCUT2D eigenvalue weighted by atomic mass is 10.0. The molecule has 0 saturated heterocycles. The van der Waals surface area contributed by atoms with Crippen LogP contribution in [0.25, 0.3) is 0 Å². The van der Waals surface area contributed by atoms with E-state index < -0.39 is 0 Å². The molecule has 1 aromatic heterocycles. The number of benzene rings is 1. The second-order valence-corrected chi connectivity index (χ2v) is 5.32. The van der Waals surface area contributed by atoms with Crippen molar-refractivity contribution in [1.82, 2.24) is 10.3 Å². The average Bonchev–Trinajstić information content (AvgIpc) is 3.34. The summed E-state index contributed by atoms with van der Waals surface area (Å²) in [5.41, 5.74) is 2.63. The smallest absolute Gasteiger partial charge is 0.118 e. The van der Waals surface area contributed by atoms with Gasteiger partial charge in [-0.2, -0.15) is 0 Å². The molecule has 0 radical (unpaired) electrons. The van der Waals surface area contributed by atoms with Gasteiger partial charge in [0, 0.05) is 25.0 Å². The number of pyridine rings is 1. The van der Waals surface area contributed by atoms with E-state index in [4.69, 9.17) is 4.74 Å². The van der Waals surface area contributed by atoms with Crippen LogP contribution in [-0.4, -0.2) is 12.1 Å². The van der Waals surface area contributed by atoms with Crippen molar-refractivity contribution in [2.75, 3.05) is 7.11 Å². The van der Waals surface area contributed by atoms with Gasteiger partial charge in [0.05, 0.1) is 7.11 Å². The molecular weight excluding hydrogens is 248 g/mol. The van der Waals surface area contributed by atoms with E-state index in [9.17, 15) is 0 Å². The Balaban J connectivity index is 1.69. The molecule has 1 aliphatic rings. The van der Waals surface area contributed by atoms with Gasteiger partial charge >= 0.3 is 0 Å². The van der Waals surface area contributed by atoms with Crippen molar-refractivity contribution in [2.24, 2.45) is 5.92 Å². The van der Waals surface area contributed by atoms with Crippen LogP contribution >= 0.6 is 0 Å². The van der Waals surface area contributed by atoms with Crippen LogP contribution in [0.15, 0.2) is 48.8 Å². The maximum absolute atomic E-state index is 5.23. The van der Waals surface area contributed by atoms with Crippen LogP contribution < -0.4 is 10.1 Å².